The molecular weight excluding hydrogens is 259 g/mol. The summed E-state index contributed by atoms with van der Waals surface area (Å²) in [5.74, 6) is 0. The van der Waals surface area contributed by atoms with Gasteiger partial charge in [-0.3, -0.25) is 4.98 Å². The van der Waals surface area contributed by atoms with Crippen LogP contribution in [0.4, 0.5) is 13.2 Å². The number of rotatable bonds is 1. The van der Waals surface area contributed by atoms with Gasteiger partial charge in [0.15, 0.2) is 5.01 Å². The second-order valence-corrected chi connectivity index (χ2v) is 4.31. The van der Waals surface area contributed by atoms with Crippen molar-refractivity contribution in [1.29, 1.82) is 0 Å². The molecule has 2 rings (SSSR count). The summed E-state index contributed by atoms with van der Waals surface area (Å²) < 4.78 is 37.3. The lowest BCUT2D eigenvalue weighted by molar-refractivity contribution is -0.137. The first kappa shape index (κ1) is 11.2. The van der Waals surface area contributed by atoms with Crippen molar-refractivity contribution in [2.45, 2.75) is 6.18 Å². The number of H-pyrrole nitrogens is 1. The van der Waals surface area contributed by atoms with Gasteiger partial charge < -0.3 is 4.98 Å². The van der Waals surface area contributed by atoms with E-state index in [1.165, 1.54) is 12.4 Å². The standard InChI is InChI=1S/C8H4F3N3S2/c9-8(10,11)7-13-2-5(16-7)4-1-12-3-6(15)14-4/h1-3H,(H,14,15). The van der Waals surface area contributed by atoms with E-state index in [-0.39, 0.29) is 0 Å². The third-order valence-corrected chi connectivity index (χ3v) is 2.95. The van der Waals surface area contributed by atoms with E-state index < -0.39 is 11.2 Å². The first-order valence-corrected chi connectivity index (χ1v) is 5.27. The van der Waals surface area contributed by atoms with Gasteiger partial charge in [-0.1, -0.05) is 12.2 Å². The number of aromatic amines is 1. The van der Waals surface area contributed by atoms with Gasteiger partial charge in [0.1, 0.15) is 4.64 Å². The summed E-state index contributed by atoms with van der Waals surface area (Å²) in [6.45, 7) is 0. The van der Waals surface area contributed by atoms with E-state index in [1.807, 2.05) is 0 Å². The Morgan fingerprint density at radius 1 is 1.25 bits per heavy atom. The number of nitrogens with one attached hydrogen (secondary N) is 1. The molecule has 0 unspecified atom stereocenters. The number of halogens is 3. The van der Waals surface area contributed by atoms with Crippen molar-refractivity contribution in [2.24, 2.45) is 0 Å². The summed E-state index contributed by atoms with van der Waals surface area (Å²) in [5.41, 5.74) is 0.431. The molecule has 2 aromatic rings. The second-order valence-electron chi connectivity index (χ2n) is 2.84. The average Bonchev–Trinajstić information content (AvgIpc) is 2.65. The molecule has 0 spiro atoms. The fourth-order valence-corrected chi connectivity index (χ4v) is 1.95. The van der Waals surface area contributed by atoms with Gasteiger partial charge in [-0.15, -0.1) is 11.3 Å². The highest BCUT2D eigenvalue weighted by Gasteiger charge is 2.34. The maximum absolute atomic E-state index is 12.3. The van der Waals surface area contributed by atoms with Gasteiger partial charge in [0.2, 0.25) is 0 Å². The van der Waals surface area contributed by atoms with Crippen molar-refractivity contribution in [2.75, 3.05) is 0 Å². The maximum Gasteiger partial charge on any atom is 0.443 e. The predicted molar refractivity (Wildman–Crippen MR) is 55.5 cm³/mol. The van der Waals surface area contributed by atoms with Crippen LogP contribution in [0, 0.1) is 4.64 Å². The van der Waals surface area contributed by atoms with Crippen LogP contribution in [0.2, 0.25) is 0 Å². The molecule has 0 aliphatic heterocycles. The average molecular weight is 263 g/mol. The van der Waals surface area contributed by atoms with Crippen LogP contribution in [0.5, 0.6) is 0 Å². The van der Waals surface area contributed by atoms with Crippen molar-refractivity contribution in [3.63, 3.8) is 0 Å². The third-order valence-electron chi connectivity index (χ3n) is 1.67. The first-order valence-electron chi connectivity index (χ1n) is 4.04. The van der Waals surface area contributed by atoms with Crippen LogP contribution in [-0.2, 0) is 6.18 Å². The van der Waals surface area contributed by atoms with Gasteiger partial charge in [0, 0.05) is 6.20 Å². The monoisotopic (exact) mass is 263 g/mol. The minimum Gasteiger partial charge on any atom is -0.343 e. The summed E-state index contributed by atoms with van der Waals surface area (Å²) in [6.07, 6.45) is -0.453. The molecule has 0 radical (unpaired) electrons. The zero-order chi connectivity index (χ0) is 11.8. The summed E-state index contributed by atoms with van der Waals surface area (Å²) in [4.78, 5) is 10.2. The van der Waals surface area contributed by atoms with Crippen LogP contribution >= 0.6 is 23.6 Å². The maximum atomic E-state index is 12.3. The lowest BCUT2D eigenvalue weighted by Gasteiger charge is -1.99. The van der Waals surface area contributed by atoms with E-state index in [0.717, 1.165) is 6.20 Å². The molecule has 8 heteroatoms. The Morgan fingerprint density at radius 2 is 2.00 bits per heavy atom. The smallest absolute Gasteiger partial charge is 0.343 e. The van der Waals surface area contributed by atoms with Gasteiger partial charge in [0.25, 0.3) is 0 Å². The van der Waals surface area contributed by atoms with Crippen LogP contribution in [0.15, 0.2) is 18.6 Å². The molecule has 2 heterocycles. The zero-order valence-electron chi connectivity index (χ0n) is 7.58. The Balaban J connectivity index is 2.43. The molecule has 0 bridgehead atoms. The van der Waals surface area contributed by atoms with Crippen molar-refractivity contribution < 1.29 is 13.2 Å². The molecule has 0 fully saturated rings. The molecule has 0 atom stereocenters. The van der Waals surface area contributed by atoms with Gasteiger partial charge in [-0.05, 0) is 0 Å². The Labute approximate surface area is 97.0 Å². The van der Waals surface area contributed by atoms with E-state index in [1.54, 1.807) is 0 Å². The van der Waals surface area contributed by atoms with Gasteiger partial charge in [-0.2, -0.15) is 13.2 Å². The quantitative estimate of drug-likeness (QED) is 0.803. The summed E-state index contributed by atoms with van der Waals surface area (Å²) in [6, 6.07) is 0. The summed E-state index contributed by atoms with van der Waals surface area (Å²) in [7, 11) is 0. The highest BCUT2D eigenvalue weighted by Crippen LogP contribution is 2.35. The zero-order valence-corrected chi connectivity index (χ0v) is 9.21. The topological polar surface area (TPSA) is 41.6 Å². The Kier molecular flexibility index (Phi) is 2.76. The van der Waals surface area contributed by atoms with E-state index in [0.29, 0.717) is 26.5 Å². The number of hydrogen-bond donors (Lipinski definition) is 1. The molecule has 2 aromatic heterocycles. The molecule has 84 valence electrons. The van der Waals surface area contributed by atoms with Crippen molar-refractivity contribution in [3.05, 3.63) is 28.2 Å². The van der Waals surface area contributed by atoms with E-state index in [2.05, 4.69) is 15.0 Å². The molecule has 0 aliphatic rings. The van der Waals surface area contributed by atoms with Gasteiger partial charge >= 0.3 is 6.18 Å². The van der Waals surface area contributed by atoms with Crippen LogP contribution < -0.4 is 0 Å². The Morgan fingerprint density at radius 3 is 2.56 bits per heavy atom. The molecule has 0 aliphatic carbocycles. The number of hydrogen-bond acceptors (Lipinski definition) is 4. The molecule has 0 aromatic carbocycles. The van der Waals surface area contributed by atoms with Crippen molar-refractivity contribution >= 4 is 23.6 Å². The van der Waals surface area contributed by atoms with E-state index in [9.17, 15) is 13.2 Å². The highest BCUT2D eigenvalue weighted by molar-refractivity contribution is 7.71. The highest BCUT2D eigenvalue weighted by atomic mass is 32.1. The predicted octanol–water partition coefficient (Wildman–Crippen LogP) is 3.28. The molecule has 0 saturated carbocycles. The molecule has 16 heavy (non-hydrogen) atoms. The minimum atomic E-state index is -4.41. The van der Waals surface area contributed by atoms with Crippen LogP contribution in [0.3, 0.4) is 0 Å². The Bertz CT molecular complexity index is 558. The van der Waals surface area contributed by atoms with E-state index >= 15 is 0 Å². The van der Waals surface area contributed by atoms with Crippen LogP contribution in [-0.4, -0.2) is 15.0 Å². The van der Waals surface area contributed by atoms with Crippen LogP contribution in [0.25, 0.3) is 10.6 Å². The molecule has 1 N–H and O–H groups in total. The van der Waals surface area contributed by atoms with Crippen molar-refractivity contribution in [3.8, 4) is 10.6 Å². The number of alkyl halides is 3. The first-order chi connectivity index (χ1) is 7.47. The number of nitrogens with zero attached hydrogens (tertiary/aromatic N) is 2. The fourth-order valence-electron chi connectivity index (χ4n) is 1.03. The Hall–Kier alpha value is -1.28. The minimum absolute atomic E-state index is 0.353. The SMILES string of the molecule is FC(F)(F)c1ncc(-c2cncc(=S)[nH]2)s1. The molecule has 0 saturated heterocycles. The molecule has 3 nitrogen and oxygen atoms in total. The second kappa shape index (κ2) is 3.95. The normalized spacial score (nSPS) is 11.7. The van der Waals surface area contributed by atoms with Crippen LogP contribution in [0.1, 0.15) is 5.01 Å². The lowest BCUT2D eigenvalue weighted by Crippen LogP contribution is -2.02. The third kappa shape index (κ3) is 2.27. The lowest BCUT2D eigenvalue weighted by atomic mass is 10.4. The van der Waals surface area contributed by atoms with Gasteiger partial charge in [0.05, 0.1) is 23.0 Å². The number of thiazole rings is 1. The number of aromatic nitrogens is 3. The van der Waals surface area contributed by atoms with Crippen molar-refractivity contribution in [1.82, 2.24) is 15.0 Å². The largest absolute Gasteiger partial charge is 0.443 e. The fraction of sp³-hybridized carbons (Fsp3) is 0.125. The molecular formula is C8H4F3N3S2. The molecule has 0 amide bonds. The summed E-state index contributed by atoms with van der Waals surface area (Å²) >= 11 is 5.37. The van der Waals surface area contributed by atoms with Gasteiger partial charge in [-0.25, -0.2) is 4.98 Å². The van der Waals surface area contributed by atoms with E-state index in [4.69, 9.17) is 12.2 Å². The summed E-state index contributed by atoms with van der Waals surface area (Å²) in [5, 5.41) is -0.884.